The highest BCUT2D eigenvalue weighted by atomic mass is 79.9. The highest BCUT2D eigenvalue weighted by Gasteiger charge is 2.28. The van der Waals surface area contributed by atoms with E-state index in [4.69, 9.17) is 24.2 Å². The maximum Gasteiger partial charge on any atom is 0.314 e. The SMILES string of the molecule is CCC(OCCCO)C(CC(Br)CBr)C(Br)CBr.O=[PH](O)O. The average Bonchev–Trinajstić information content (AvgIpc) is 2.48. The minimum absolute atomic E-state index is 0.194. The minimum atomic E-state index is -3.13. The number of aliphatic hydroxyl groups is 1. The van der Waals surface area contributed by atoms with Gasteiger partial charge in [-0.2, -0.15) is 0 Å². The fourth-order valence-electron chi connectivity index (χ4n) is 1.85. The second-order valence-corrected chi connectivity index (χ2v) is 8.83. The van der Waals surface area contributed by atoms with Gasteiger partial charge in [-0.05, 0) is 25.2 Å². The molecule has 0 aliphatic heterocycles. The molecule has 0 saturated carbocycles. The van der Waals surface area contributed by atoms with Crippen LogP contribution in [-0.2, 0) is 9.30 Å². The molecule has 10 heteroatoms. The third-order valence-corrected chi connectivity index (χ3v) is 7.74. The molecule has 5 nitrogen and oxygen atoms in total. The van der Waals surface area contributed by atoms with Gasteiger partial charge in [0.05, 0.1) is 6.10 Å². The van der Waals surface area contributed by atoms with Crippen LogP contribution in [0.25, 0.3) is 0 Å². The molecule has 0 fully saturated rings. The summed E-state index contributed by atoms with van der Waals surface area (Å²) < 4.78 is 14.7. The molecule has 4 atom stereocenters. The van der Waals surface area contributed by atoms with E-state index >= 15 is 0 Å². The smallest absolute Gasteiger partial charge is 0.314 e. The predicted molar refractivity (Wildman–Crippen MR) is 106 cm³/mol. The zero-order valence-electron chi connectivity index (χ0n) is 12.4. The van der Waals surface area contributed by atoms with Crippen molar-refractivity contribution >= 4 is 72.0 Å². The molecule has 0 aliphatic carbocycles. The molecule has 0 bridgehead atoms. The Labute approximate surface area is 167 Å². The van der Waals surface area contributed by atoms with E-state index in [1.165, 1.54) is 0 Å². The first kappa shape index (κ1) is 26.2. The van der Waals surface area contributed by atoms with Crippen molar-refractivity contribution in [3.63, 3.8) is 0 Å². The van der Waals surface area contributed by atoms with E-state index < -0.39 is 8.25 Å². The van der Waals surface area contributed by atoms with Crippen molar-refractivity contribution in [1.82, 2.24) is 0 Å². The lowest BCUT2D eigenvalue weighted by atomic mass is 9.92. The van der Waals surface area contributed by atoms with E-state index in [0.29, 0.717) is 28.6 Å². The van der Waals surface area contributed by atoms with Gasteiger partial charge in [0.1, 0.15) is 0 Å². The van der Waals surface area contributed by atoms with Gasteiger partial charge in [0.25, 0.3) is 0 Å². The summed E-state index contributed by atoms with van der Waals surface area (Å²) in [6, 6.07) is 0. The molecule has 3 N–H and O–H groups in total. The third-order valence-electron chi connectivity index (χ3n) is 2.82. The van der Waals surface area contributed by atoms with Crippen LogP contribution in [0.5, 0.6) is 0 Å². The van der Waals surface area contributed by atoms with Crippen LogP contribution in [0, 0.1) is 5.92 Å². The van der Waals surface area contributed by atoms with Gasteiger partial charge in [-0.25, -0.2) is 0 Å². The van der Waals surface area contributed by atoms with E-state index in [2.05, 4.69) is 70.6 Å². The molecule has 4 unspecified atom stereocenters. The molecule has 0 amide bonds. The second-order valence-electron chi connectivity index (χ2n) is 4.50. The molecular weight excluding hydrogens is 575 g/mol. The van der Waals surface area contributed by atoms with Gasteiger partial charge in [0, 0.05) is 33.5 Å². The number of alkyl halides is 4. The number of halogens is 4. The number of hydrogen-bond donors (Lipinski definition) is 3. The number of aliphatic hydroxyl groups excluding tert-OH is 1. The van der Waals surface area contributed by atoms with Gasteiger partial charge < -0.3 is 19.6 Å². The van der Waals surface area contributed by atoms with Crippen LogP contribution in [0.3, 0.4) is 0 Å². The summed E-state index contributed by atoms with van der Waals surface area (Å²) in [6.45, 7) is 2.98. The second kappa shape index (κ2) is 17.8. The Morgan fingerprint density at radius 1 is 1.18 bits per heavy atom. The molecule has 0 aromatic rings. The monoisotopic (exact) mass is 596 g/mol. The molecule has 0 aromatic carbocycles. The Bertz CT molecular complexity index is 272. The third kappa shape index (κ3) is 15.5. The van der Waals surface area contributed by atoms with Crippen molar-refractivity contribution in [2.75, 3.05) is 23.9 Å². The minimum Gasteiger partial charge on any atom is -0.396 e. The Balaban J connectivity index is 0. The average molecular weight is 600 g/mol. The first-order chi connectivity index (χ1) is 10.3. The van der Waals surface area contributed by atoms with Crippen molar-refractivity contribution in [3.8, 4) is 0 Å². The topological polar surface area (TPSA) is 87.0 Å². The van der Waals surface area contributed by atoms with E-state index in [1.807, 2.05) is 0 Å². The highest BCUT2D eigenvalue weighted by molar-refractivity contribution is 9.12. The molecule has 136 valence electrons. The van der Waals surface area contributed by atoms with Crippen molar-refractivity contribution in [2.45, 2.75) is 41.9 Å². The van der Waals surface area contributed by atoms with E-state index in [1.54, 1.807) is 0 Å². The molecule has 0 rings (SSSR count). The van der Waals surface area contributed by atoms with Crippen molar-refractivity contribution in [3.05, 3.63) is 0 Å². The van der Waals surface area contributed by atoms with Crippen LogP contribution >= 0.6 is 72.0 Å². The van der Waals surface area contributed by atoms with Crippen molar-refractivity contribution in [2.24, 2.45) is 5.92 Å². The van der Waals surface area contributed by atoms with Crippen LogP contribution in [0.2, 0.25) is 0 Å². The number of rotatable bonds is 11. The summed E-state index contributed by atoms with van der Waals surface area (Å²) >= 11 is 14.5. The van der Waals surface area contributed by atoms with E-state index in [-0.39, 0.29) is 12.7 Å². The molecule has 22 heavy (non-hydrogen) atoms. The van der Waals surface area contributed by atoms with Crippen LogP contribution in [0.4, 0.5) is 0 Å². The summed E-state index contributed by atoms with van der Waals surface area (Å²) in [5.41, 5.74) is 0. The van der Waals surface area contributed by atoms with Crippen LogP contribution in [0.15, 0.2) is 0 Å². The van der Waals surface area contributed by atoms with Crippen molar-refractivity contribution < 1.29 is 24.2 Å². The van der Waals surface area contributed by atoms with Gasteiger partial charge >= 0.3 is 8.25 Å². The van der Waals surface area contributed by atoms with Crippen LogP contribution < -0.4 is 0 Å². The normalized spacial score (nSPS) is 16.6. The Hall–Kier alpha value is 1.99. The molecule has 0 spiro atoms. The maximum atomic E-state index is 8.82. The first-order valence-electron chi connectivity index (χ1n) is 6.88. The fourth-order valence-corrected chi connectivity index (χ4v) is 3.58. The summed E-state index contributed by atoms with van der Waals surface area (Å²) in [5, 5.41) is 10.7. The van der Waals surface area contributed by atoms with Crippen LogP contribution in [-0.4, -0.2) is 54.5 Å². The lowest BCUT2D eigenvalue weighted by Crippen LogP contribution is -2.34. The number of ether oxygens (including phenoxy) is 1. The van der Waals surface area contributed by atoms with Gasteiger partial charge in [-0.1, -0.05) is 70.6 Å². The zero-order chi connectivity index (χ0) is 17.5. The van der Waals surface area contributed by atoms with E-state index in [0.717, 1.165) is 23.5 Å². The highest BCUT2D eigenvalue weighted by Crippen LogP contribution is 2.30. The quantitative estimate of drug-likeness (QED) is 0.191. The molecule has 0 saturated heterocycles. The van der Waals surface area contributed by atoms with Gasteiger partial charge in [0.2, 0.25) is 0 Å². The molecule has 0 heterocycles. The summed E-state index contributed by atoms with van der Waals surface area (Å²) in [6.07, 6.45) is 3.00. The predicted octanol–water partition coefficient (Wildman–Crippen LogP) is 3.85. The van der Waals surface area contributed by atoms with Gasteiger partial charge in [-0.15, -0.1) is 0 Å². The molecular formula is C12H25Br4O5P. The maximum absolute atomic E-state index is 8.82. The van der Waals surface area contributed by atoms with Gasteiger partial charge in [-0.3, -0.25) is 4.57 Å². The summed E-state index contributed by atoms with van der Waals surface area (Å²) in [4.78, 5) is 15.2. The number of hydrogen-bond acceptors (Lipinski definition) is 3. The molecule has 0 aliphatic rings. The summed E-state index contributed by atoms with van der Waals surface area (Å²) in [5.74, 6) is 0.454. The lowest BCUT2D eigenvalue weighted by molar-refractivity contribution is 0.00288. The van der Waals surface area contributed by atoms with E-state index in [9.17, 15) is 0 Å². The molecule has 0 aromatic heterocycles. The molecule has 0 radical (unpaired) electrons. The standard InChI is InChI=1S/C12H22Br4O2.H3O3P/c1-2-12(18-5-3-4-17)10(11(16)8-14)6-9(15)7-13;1-4(2)3/h9-12,17H,2-8H2,1H3;4H,(H2,1,2,3). The fraction of sp³-hybridized carbons (Fsp3) is 1.00. The lowest BCUT2D eigenvalue weighted by Gasteiger charge is -2.31. The largest absolute Gasteiger partial charge is 0.396 e. The van der Waals surface area contributed by atoms with Crippen molar-refractivity contribution in [1.29, 1.82) is 0 Å². The Kier molecular flexibility index (Phi) is 21.2. The van der Waals surface area contributed by atoms with Gasteiger partial charge in [0.15, 0.2) is 0 Å². The Morgan fingerprint density at radius 3 is 2.09 bits per heavy atom. The zero-order valence-corrected chi connectivity index (χ0v) is 19.8. The van der Waals surface area contributed by atoms with Crippen LogP contribution in [0.1, 0.15) is 26.2 Å². The first-order valence-corrected chi connectivity index (χ1v) is 12.3. The summed E-state index contributed by atoms with van der Waals surface area (Å²) in [7, 11) is -3.13. The Morgan fingerprint density at radius 2 is 1.73 bits per heavy atom.